The van der Waals surface area contributed by atoms with Crippen LogP contribution in [0.2, 0.25) is 0 Å². The first kappa shape index (κ1) is 12.5. The summed E-state index contributed by atoms with van der Waals surface area (Å²) in [6.45, 7) is 2.07. The number of H-pyrrole nitrogens is 1. The van der Waals surface area contributed by atoms with Gasteiger partial charge in [0.15, 0.2) is 0 Å². The van der Waals surface area contributed by atoms with Gasteiger partial charge in [0, 0.05) is 22.5 Å². The van der Waals surface area contributed by atoms with Gasteiger partial charge < -0.3 is 4.98 Å². The van der Waals surface area contributed by atoms with Gasteiger partial charge in [-0.15, -0.1) is 0 Å². The molecule has 0 atom stereocenters. The molecule has 4 heteroatoms. The van der Waals surface area contributed by atoms with Crippen LogP contribution in [-0.2, 0) is 0 Å². The van der Waals surface area contributed by atoms with Gasteiger partial charge in [-0.2, -0.15) is 5.26 Å². The summed E-state index contributed by atoms with van der Waals surface area (Å²) in [5, 5.41) is 11.0. The fraction of sp³-hybridized carbons (Fsp3) is 0.0556. The number of nitriles is 1. The number of fused-ring (bicyclic) bond motifs is 3. The maximum atomic E-state index is 9.03. The van der Waals surface area contributed by atoms with Crippen molar-refractivity contribution in [3.05, 3.63) is 60.0 Å². The number of hydrogen-bond acceptors (Lipinski definition) is 3. The van der Waals surface area contributed by atoms with E-state index in [4.69, 9.17) is 5.26 Å². The minimum Gasteiger partial charge on any atom is -0.338 e. The van der Waals surface area contributed by atoms with Gasteiger partial charge in [-0.25, -0.2) is 9.97 Å². The molecule has 0 amide bonds. The number of nitrogens with one attached hydrogen (secondary N) is 1. The molecule has 0 bridgehead atoms. The van der Waals surface area contributed by atoms with Gasteiger partial charge in [0.1, 0.15) is 17.4 Å². The fourth-order valence-electron chi connectivity index (χ4n) is 2.64. The van der Waals surface area contributed by atoms with Crippen LogP contribution in [0.15, 0.2) is 48.8 Å². The number of pyridine rings is 2. The van der Waals surface area contributed by atoms with Crippen molar-refractivity contribution in [2.75, 3.05) is 0 Å². The summed E-state index contributed by atoms with van der Waals surface area (Å²) >= 11 is 0. The highest BCUT2D eigenvalue weighted by Gasteiger charge is 2.08. The Bertz CT molecular complexity index is 1040. The first-order valence-corrected chi connectivity index (χ1v) is 6.99. The highest BCUT2D eigenvalue weighted by atomic mass is 14.9. The molecule has 0 radical (unpaired) electrons. The largest absolute Gasteiger partial charge is 0.338 e. The maximum Gasteiger partial charge on any atom is 0.141 e. The third-order valence-electron chi connectivity index (χ3n) is 3.83. The molecule has 0 spiro atoms. The highest BCUT2D eigenvalue weighted by molar-refractivity contribution is 6.06. The van der Waals surface area contributed by atoms with Gasteiger partial charge in [0.25, 0.3) is 0 Å². The molecule has 4 rings (SSSR count). The van der Waals surface area contributed by atoms with Crippen molar-refractivity contribution in [1.29, 1.82) is 5.26 Å². The van der Waals surface area contributed by atoms with Crippen LogP contribution in [0.3, 0.4) is 0 Å². The molecule has 0 aliphatic rings. The van der Waals surface area contributed by atoms with Crippen molar-refractivity contribution < 1.29 is 0 Å². The summed E-state index contributed by atoms with van der Waals surface area (Å²) in [5.41, 5.74) is 5.53. The zero-order chi connectivity index (χ0) is 15.1. The van der Waals surface area contributed by atoms with E-state index < -0.39 is 0 Å². The van der Waals surface area contributed by atoms with E-state index in [1.807, 2.05) is 6.20 Å². The minimum absolute atomic E-state index is 0.411. The third-order valence-corrected chi connectivity index (χ3v) is 3.83. The second kappa shape index (κ2) is 4.68. The molecule has 1 aromatic carbocycles. The van der Waals surface area contributed by atoms with Gasteiger partial charge in [-0.05, 0) is 24.6 Å². The van der Waals surface area contributed by atoms with Crippen molar-refractivity contribution >= 4 is 21.9 Å². The zero-order valence-electron chi connectivity index (χ0n) is 12.0. The Morgan fingerprint density at radius 3 is 2.55 bits per heavy atom. The average Bonchev–Trinajstić information content (AvgIpc) is 2.92. The number of rotatable bonds is 1. The topological polar surface area (TPSA) is 65.4 Å². The summed E-state index contributed by atoms with van der Waals surface area (Å²) in [7, 11) is 0. The van der Waals surface area contributed by atoms with E-state index in [9.17, 15) is 0 Å². The van der Waals surface area contributed by atoms with Crippen LogP contribution in [-0.4, -0.2) is 15.0 Å². The van der Waals surface area contributed by atoms with Crippen molar-refractivity contribution in [2.45, 2.75) is 6.92 Å². The molecule has 4 nitrogen and oxygen atoms in total. The number of aryl methyl sites for hydroxylation is 1. The molecule has 104 valence electrons. The van der Waals surface area contributed by atoms with Crippen LogP contribution in [0, 0.1) is 18.3 Å². The minimum atomic E-state index is 0.411. The number of aromatic nitrogens is 3. The lowest BCUT2D eigenvalue weighted by molar-refractivity contribution is 1.27. The molecule has 0 saturated heterocycles. The summed E-state index contributed by atoms with van der Waals surface area (Å²) in [5.74, 6) is 0. The van der Waals surface area contributed by atoms with Gasteiger partial charge in [-0.1, -0.05) is 29.8 Å². The van der Waals surface area contributed by atoms with Crippen LogP contribution < -0.4 is 0 Å². The molecule has 0 unspecified atom stereocenters. The van der Waals surface area contributed by atoms with Crippen LogP contribution in [0.4, 0.5) is 0 Å². The number of nitrogens with zero attached hydrogens (tertiary/aromatic N) is 3. The fourth-order valence-corrected chi connectivity index (χ4v) is 2.64. The predicted molar refractivity (Wildman–Crippen MR) is 86.3 cm³/mol. The summed E-state index contributed by atoms with van der Waals surface area (Å²) in [4.78, 5) is 11.8. The molecule has 4 aromatic rings. The third kappa shape index (κ3) is 1.92. The van der Waals surface area contributed by atoms with E-state index in [1.165, 1.54) is 5.56 Å². The highest BCUT2D eigenvalue weighted by Crippen LogP contribution is 2.28. The van der Waals surface area contributed by atoms with E-state index in [2.05, 4.69) is 58.3 Å². The van der Waals surface area contributed by atoms with Crippen molar-refractivity contribution in [2.24, 2.45) is 0 Å². The lowest BCUT2D eigenvalue weighted by Gasteiger charge is -2.02. The predicted octanol–water partition coefficient (Wildman–Crippen LogP) is 3.96. The van der Waals surface area contributed by atoms with E-state index >= 15 is 0 Å². The Morgan fingerprint density at radius 1 is 0.955 bits per heavy atom. The first-order chi connectivity index (χ1) is 10.7. The Hall–Kier alpha value is -3.19. The van der Waals surface area contributed by atoms with E-state index in [-0.39, 0.29) is 0 Å². The second-order valence-electron chi connectivity index (χ2n) is 5.34. The van der Waals surface area contributed by atoms with Crippen molar-refractivity contribution in [3.8, 4) is 17.2 Å². The Balaban J connectivity index is 1.97. The zero-order valence-corrected chi connectivity index (χ0v) is 12.0. The molecular formula is C18H12N4. The lowest BCUT2D eigenvalue weighted by atomic mass is 10.0. The smallest absolute Gasteiger partial charge is 0.141 e. The Morgan fingerprint density at radius 2 is 1.77 bits per heavy atom. The van der Waals surface area contributed by atoms with Crippen LogP contribution in [0.5, 0.6) is 0 Å². The summed E-state index contributed by atoms with van der Waals surface area (Å²) < 4.78 is 0. The van der Waals surface area contributed by atoms with Gasteiger partial charge >= 0.3 is 0 Å². The van der Waals surface area contributed by atoms with E-state index in [0.29, 0.717) is 5.69 Å². The van der Waals surface area contributed by atoms with Gasteiger partial charge in [0.05, 0.1) is 11.7 Å². The molecule has 22 heavy (non-hydrogen) atoms. The molecule has 0 aliphatic heterocycles. The molecule has 1 N–H and O–H groups in total. The van der Waals surface area contributed by atoms with Crippen molar-refractivity contribution in [3.63, 3.8) is 0 Å². The van der Waals surface area contributed by atoms with Crippen LogP contribution >= 0.6 is 0 Å². The van der Waals surface area contributed by atoms with E-state index in [1.54, 1.807) is 12.3 Å². The standard InChI is InChI=1S/C18H12N4/c1-11-2-4-12(5-3-11)13-6-16-15-7-14(8-19)20-10-17(15)22-18(16)21-9-13/h2-7,9-10H,1H3,(H,21,22). The average molecular weight is 284 g/mol. The molecular weight excluding hydrogens is 272 g/mol. The normalized spacial score (nSPS) is 10.9. The Labute approximate surface area is 127 Å². The lowest BCUT2D eigenvalue weighted by Crippen LogP contribution is -1.82. The molecule has 0 saturated carbocycles. The summed E-state index contributed by atoms with van der Waals surface area (Å²) in [6.07, 6.45) is 3.54. The maximum absolute atomic E-state index is 9.03. The van der Waals surface area contributed by atoms with Crippen LogP contribution in [0.25, 0.3) is 33.1 Å². The van der Waals surface area contributed by atoms with Crippen molar-refractivity contribution in [1.82, 2.24) is 15.0 Å². The molecule has 3 heterocycles. The quantitative estimate of drug-likeness (QED) is 0.575. The Kier molecular flexibility index (Phi) is 2.67. The van der Waals surface area contributed by atoms with Crippen LogP contribution in [0.1, 0.15) is 11.3 Å². The number of benzene rings is 1. The number of aromatic amines is 1. The second-order valence-corrected chi connectivity index (χ2v) is 5.34. The monoisotopic (exact) mass is 284 g/mol. The van der Waals surface area contributed by atoms with E-state index in [0.717, 1.165) is 33.1 Å². The number of hydrogen-bond donors (Lipinski definition) is 1. The SMILES string of the molecule is Cc1ccc(-c2cnc3[nH]c4cnc(C#N)cc4c3c2)cc1. The van der Waals surface area contributed by atoms with Gasteiger partial charge in [-0.3, -0.25) is 0 Å². The molecule has 0 fully saturated rings. The molecule has 0 aliphatic carbocycles. The molecule has 3 aromatic heterocycles. The first-order valence-electron chi connectivity index (χ1n) is 6.99. The van der Waals surface area contributed by atoms with Gasteiger partial charge in [0.2, 0.25) is 0 Å². The summed E-state index contributed by atoms with van der Waals surface area (Å²) in [6, 6.07) is 14.3.